The number of nitrogens with zero attached hydrogens (tertiary/aromatic N) is 1. The molecule has 0 spiro atoms. The summed E-state index contributed by atoms with van der Waals surface area (Å²) in [6.45, 7) is 7.65. The van der Waals surface area contributed by atoms with Crippen LogP contribution in [-0.2, 0) is 22.5 Å². The van der Waals surface area contributed by atoms with Gasteiger partial charge in [0.25, 0.3) is 0 Å². The summed E-state index contributed by atoms with van der Waals surface area (Å²) in [7, 11) is 0. The first-order chi connectivity index (χ1) is 18.1. The maximum atomic E-state index is 13.6. The zero-order valence-electron chi connectivity index (χ0n) is 22.3. The Bertz CT molecular complexity index is 1270. The molecule has 1 N–H and O–H groups in total. The van der Waals surface area contributed by atoms with Crippen LogP contribution in [0.15, 0.2) is 84.9 Å². The van der Waals surface area contributed by atoms with E-state index in [0.29, 0.717) is 30.7 Å². The highest BCUT2D eigenvalue weighted by Gasteiger charge is 2.63. The predicted molar refractivity (Wildman–Crippen MR) is 144 cm³/mol. The number of urea groups is 1. The molecule has 0 unspecified atom stereocenters. The summed E-state index contributed by atoms with van der Waals surface area (Å²) >= 11 is 0. The lowest BCUT2D eigenvalue weighted by Gasteiger charge is -2.53. The molecule has 0 radical (unpaired) electrons. The predicted octanol–water partition coefficient (Wildman–Crippen LogP) is 5.74. The highest BCUT2D eigenvalue weighted by atomic mass is 16.6. The van der Waals surface area contributed by atoms with Gasteiger partial charge >= 0.3 is 12.0 Å². The van der Waals surface area contributed by atoms with Crippen LogP contribution in [0.3, 0.4) is 0 Å². The Morgan fingerprint density at radius 2 is 1.47 bits per heavy atom. The molecular weight excluding hydrogens is 480 g/mol. The Morgan fingerprint density at radius 1 is 0.895 bits per heavy atom. The summed E-state index contributed by atoms with van der Waals surface area (Å²) in [5.41, 5.74) is 0.788. The fourth-order valence-corrected chi connectivity index (χ4v) is 4.57. The Labute approximate surface area is 223 Å². The van der Waals surface area contributed by atoms with Crippen molar-refractivity contribution < 1.29 is 23.9 Å². The van der Waals surface area contributed by atoms with E-state index in [2.05, 4.69) is 5.32 Å². The van der Waals surface area contributed by atoms with Crippen molar-refractivity contribution in [2.24, 2.45) is 5.41 Å². The Balaban J connectivity index is 1.56. The van der Waals surface area contributed by atoms with Crippen LogP contribution in [-0.4, -0.2) is 34.6 Å². The van der Waals surface area contributed by atoms with Gasteiger partial charge in [0, 0.05) is 6.54 Å². The number of hydrogen-bond acceptors (Lipinski definition) is 5. The van der Waals surface area contributed by atoms with E-state index in [1.54, 1.807) is 24.3 Å². The van der Waals surface area contributed by atoms with Crippen LogP contribution in [0.1, 0.15) is 55.6 Å². The number of amides is 3. The minimum absolute atomic E-state index is 0.273. The quantitative estimate of drug-likeness (QED) is 0.306. The van der Waals surface area contributed by atoms with Gasteiger partial charge in [0.2, 0.25) is 5.91 Å². The summed E-state index contributed by atoms with van der Waals surface area (Å²) in [4.78, 5) is 40.3. The highest BCUT2D eigenvalue weighted by Crippen LogP contribution is 2.46. The van der Waals surface area contributed by atoms with Crippen LogP contribution < -0.4 is 10.1 Å². The number of carbonyl (C=O) groups excluding carboxylic acids is 3. The summed E-state index contributed by atoms with van der Waals surface area (Å²) in [5.74, 6) is -0.261. The van der Waals surface area contributed by atoms with Gasteiger partial charge in [0.05, 0.1) is 5.56 Å². The van der Waals surface area contributed by atoms with Gasteiger partial charge in [-0.25, -0.2) is 14.5 Å². The minimum atomic E-state index is -0.907. The third kappa shape index (κ3) is 5.88. The molecule has 3 amide bonds. The normalized spacial score (nSPS) is 18.9. The molecule has 0 saturated carbocycles. The molecule has 4 rings (SSSR count). The lowest BCUT2D eigenvalue weighted by Crippen LogP contribution is -2.74. The first-order valence-electron chi connectivity index (χ1n) is 12.8. The number of imide groups is 1. The van der Waals surface area contributed by atoms with Gasteiger partial charge in [-0.3, -0.25) is 4.79 Å². The number of nitrogens with one attached hydrogen (secondary N) is 1. The number of hydrogen-bond donors (Lipinski definition) is 1. The molecule has 1 saturated heterocycles. The molecule has 7 heteroatoms. The molecule has 1 heterocycles. The van der Waals surface area contributed by atoms with Gasteiger partial charge in [-0.1, -0.05) is 67.6 Å². The second-order valence-corrected chi connectivity index (χ2v) is 10.5. The van der Waals surface area contributed by atoms with E-state index in [-0.39, 0.29) is 5.91 Å². The average Bonchev–Trinajstić information content (AvgIpc) is 2.91. The number of β-lactam (4-membered cyclic amide) rings is 1. The van der Waals surface area contributed by atoms with Gasteiger partial charge in [0.1, 0.15) is 16.8 Å². The third-order valence-electron chi connectivity index (χ3n) is 6.59. The Morgan fingerprint density at radius 3 is 2.03 bits per heavy atom. The van der Waals surface area contributed by atoms with Crippen LogP contribution in [0.25, 0.3) is 0 Å². The van der Waals surface area contributed by atoms with Crippen molar-refractivity contribution in [2.45, 2.75) is 58.9 Å². The molecule has 0 aromatic heterocycles. The van der Waals surface area contributed by atoms with Crippen LogP contribution in [0.5, 0.6) is 5.75 Å². The van der Waals surface area contributed by atoms with Crippen molar-refractivity contribution in [3.63, 3.8) is 0 Å². The zero-order chi connectivity index (χ0) is 27.3. The lowest BCUT2D eigenvalue weighted by molar-refractivity contribution is -0.190. The summed E-state index contributed by atoms with van der Waals surface area (Å²) < 4.78 is 11.7. The van der Waals surface area contributed by atoms with Crippen molar-refractivity contribution in [3.8, 4) is 5.75 Å². The molecule has 38 heavy (non-hydrogen) atoms. The number of esters is 1. The molecule has 2 atom stereocenters. The van der Waals surface area contributed by atoms with E-state index in [4.69, 9.17) is 9.47 Å². The van der Waals surface area contributed by atoms with Crippen LogP contribution >= 0.6 is 0 Å². The van der Waals surface area contributed by atoms with Crippen molar-refractivity contribution in [1.82, 2.24) is 10.2 Å². The van der Waals surface area contributed by atoms with Gasteiger partial charge in [-0.15, -0.1) is 0 Å². The van der Waals surface area contributed by atoms with E-state index >= 15 is 0 Å². The van der Waals surface area contributed by atoms with E-state index in [1.807, 2.05) is 88.4 Å². The fraction of sp³-hybridized carbons (Fsp3) is 0.323. The van der Waals surface area contributed by atoms with E-state index < -0.39 is 29.2 Å². The molecule has 0 aliphatic carbocycles. The fourth-order valence-electron chi connectivity index (χ4n) is 4.57. The Kier molecular flexibility index (Phi) is 7.86. The number of carbonyl (C=O) groups is 3. The number of benzene rings is 3. The number of likely N-dealkylation sites (tertiary alicyclic amines) is 1. The van der Waals surface area contributed by atoms with E-state index in [0.717, 1.165) is 16.0 Å². The highest BCUT2D eigenvalue weighted by molar-refractivity contribution is 6.03. The van der Waals surface area contributed by atoms with Crippen molar-refractivity contribution in [2.75, 3.05) is 0 Å². The average molecular weight is 515 g/mol. The van der Waals surface area contributed by atoms with Crippen molar-refractivity contribution in [1.29, 1.82) is 0 Å². The van der Waals surface area contributed by atoms with Gasteiger partial charge in [-0.05, 0) is 69.0 Å². The van der Waals surface area contributed by atoms with Gasteiger partial charge in [-0.2, -0.15) is 0 Å². The molecule has 3 aromatic rings. The van der Waals surface area contributed by atoms with Gasteiger partial charge in [0.15, 0.2) is 6.23 Å². The molecular formula is C31H34N2O5. The number of rotatable bonds is 8. The standard InChI is InChI=1S/C31H34N2O5/c1-5-31(20-22-12-8-6-9-13-22)27(35)33(29(36)32-21-23-14-10-7-11-15-23)28(31)37-25-18-16-24(17-19-25)26(34)38-30(2,3)4/h6-19,28H,5,20-21H2,1-4H3,(H,32,36)/t28-,31+/m0/s1. The molecule has 3 aromatic carbocycles. The lowest BCUT2D eigenvalue weighted by atomic mass is 9.69. The Hall–Kier alpha value is -4.13. The van der Waals surface area contributed by atoms with Crippen LogP contribution in [0.4, 0.5) is 4.79 Å². The maximum Gasteiger partial charge on any atom is 0.338 e. The summed E-state index contributed by atoms with van der Waals surface area (Å²) in [6, 6.07) is 25.3. The van der Waals surface area contributed by atoms with Gasteiger partial charge < -0.3 is 14.8 Å². The molecule has 7 nitrogen and oxygen atoms in total. The first kappa shape index (κ1) is 26.9. The topological polar surface area (TPSA) is 84.9 Å². The molecule has 1 fully saturated rings. The molecule has 198 valence electrons. The molecule has 1 aliphatic rings. The maximum absolute atomic E-state index is 13.6. The zero-order valence-corrected chi connectivity index (χ0v) is 22.3. The third-order valence-corrected chi connectivity index (χ3v) is 6.59. The SMILES string of the molecule is CC[C@@]1(Cc2ccccc2)C(=O)N(C(=O)NCc2ccccc2)[C@H]1Oc1ccc(C(=O)OC(C)(C)C)cc1. The van der Waals surface area contributed by atoms with Crippen LogP contribution in [0.2, 0.25) is 0 Å². The number of ether oxygens (including phenoxy) is 2. The van der Waals surface area contributed by atoms with Crippen molar-refractivity contribution in [3.05, 3.63) is 102 Å². The smallest absolute Gasteiger partial charge is 0.338 e. The summed E-state index contributed by atoms with van der Waals surface area (Å²) in [5, 5.41) is 2.84. The largest absolute Gasteiger partial charge is 0.469 e. The van der Waals surface area contributed by atoms with Crippen LogP contribution in [0, 0.1) is 5.41 Å². The second-order valence-electron chi connectivity index (χ2n) is 10.5. The van der Waals surface area contributed by atoms with E-state index in [1.165, 1.54) is 0 Å². The monoisotopic (exact) mass is 514 g/mol. The van der Waals surface area contributed by atoms with E-state index in [9.17, 15) is 14.4 Å². The summed E-state index contributed by atoms with van der Waals surface area (Å²) in [6.07, 6.45) is 0.110. The molecule has 0 bridgehead atoms. The molecule has 1 aliphatic heterocycles. The van der Waals surface area contributed by atoms with Crippen molar-refractivity contribution >= 4 is 17.9 Å². The minimum Gasteiger partial charge on any atom is -0.469 e. The second kappa shape index (κ2) is 11.1. The first-order valence-corrected chi connectivity index (χ1v) is 12.8.